The third-order valence-electron chi connectivity index (χ3n) is 3.57. The maximum absolute atomic E-state index is 11.6. The molecule has 2 amide bonds. The first-order valence-electron chi connectivity index (χ1n) is 7.91. The first kappa shape index (κ1) is 18.5. The van der Waals surface area contributed by atoms with Crippen LogP contribution in [-0.2, 0) is 27.4 Å². The van der Waals surface area contributed by atoms with Gasteiger partial charge in [-0.2, -0.15) is 0 Å². The van der Waals surface area contributed by atoms with Crippen molar-refractivity contribution in [1.29, 1.82) is 0 Å². The molecule has 6 heteroatoms. The number of benzene rings is 2. The lowest BCUT2D eigenvalue weighted by atomic mass is 10.1. The number of rotatable bonds is 9. The Labute approximate surface area is 146 Å². The van der Waals surface area contributed by atoms with Crippen LogP contribution in [0.25, 0.3) is 0 Å². The summed E-state index contributed by atoms with van der Waals surface area (Å²) < 4.78 is 10.5. The number of hydrogen-bond donors (Lipinski definition) is 2. The van der Waals surface area contributed by atoms with Crippen LogP contribution in [0, 0.1) is 0 Å². The van der Waals surface area contributed by atoms with Gasteiger partial charge in [0, 0.05) is 13.5 Å². The average Bonchev–Trinajstić information content (AvgIpc) is 2.61. The first-order valence-corrected chi connectivity index (χ1v) is 7.91. The predicted octanol–water partition coefficient (Wildman–Crippen LogP) is 1.42. The molecule has 0 aliphatic carbocycles. The molecule has 0 saturated carbocycles. The molecule has 0 bridgehead atoms. The molecule has 2 rings (SSSR count). The van der Waals surface area contributed by atoms with Crippen LogP contribution in [0.4, 0.5) is 0 Å². The molecule has 0 fully saturated rings. The van der Waals surface area contributed by atoms with Crippen LogP contribution in [-0.4, -0.2) is 31.6 Å². The van der Waals surface area contributed by atoms with E-state index in [1.165, 1.54) is 7.11 Å². The van der Waals surface area contributed by atoms with Gasteiger partial charge in [-0.05, 0) is 23.3 Å². The van der Waals surface area contributed by atoms with Crippen molar-refractivity contribution in [3.63, 3.8) is 0 Å². The molecule has 6 nitrogen and oxygen atoms in total. The van der Waals surface area contributed by atoms with Crippen LogP contribution in [0.15, 0.2) is 54.6 Å². The molecule has 2 aromatic rings. The van der Waals surface area contributed by atoms with Crippen molar-refractivity contribution < 1.29 is 19.1 Å². The number of amides is 2. The fourth-order valence-electron chi connectivity index (χ4n) is 2.29. The number of carbonyl (C=O) groups is 2. The Bertz CT molecular complexity index is 686. The van der Waals surface area contributed by atoms with Gasteiger partial charge in [-0.15, -0.1) is 0 Å². The highest BCUT2D eigenvalue weighted by Gasteiger charge is 2.18. The van der Waals surface area contributed by atoms with Crippen molar-refractivity contribution in [2.24, 2.45) is 5.73 Å². The maximum atomic E-state index is 11.6. The summed E-state index contributed by atoms with van der Waals surface area (Å²) in [5, 5.41) is 2.56. The minimum atomic E-state index is -0.779. The van der Waals surface area contributed by atoms with E-state index in [1.54, 1.807) is 0 Å². The number of methoxy groups -OCH3 is 1. The zero-order chi connectivity index (χ0) is 18.1. The van der Waals surface area contributed by atoms with Gasteiger partial charge in [0.2, 0.25) is 11.8 Å². The Hall–Kier alpha value is -2.86. The van der Waals surface area contributed by atoms with E-state index in [9.17, 15) is 9.59 Å². The van der Waals surface area contributed by atoms with E-state index in [0.717, 1.165) is 16.9 Å². The third-order valence-corrected chi connectivity index (χ3v) is 3.57. The van der Waals surface area contributed by atoms with Gasteiger partial charge in [0.05, 0.1) is 0 Å². The van der Waals surface area contributed by atoms with Crippen molar-refractivity contribution in [2.45, 2.75) is 19.1 Å². The van der Waals surface area contributed by atoms with E-state index in [4.69, 9.17) is 15.2 Å². The fourth-order valence-corrected chi connectivity index (χ4v) is 2.29. The summed E-state index contributed by atoms with van der Waals surface area (Å²) in [6.45, 7) is 0.368. The van der Waals surface area contributed by atoms with E-state index >= 15 is 0 Å². The van der Waals surface area contributed by atoms with Gasteiger partial charge in [0.25, 0.3) is 0 Å². The van der Waals surface area contributed by atoms with Gasteiger partial charge in [-0.1, -0.05) is 42.5 Å². The fraction of sp³-hybridized carbons (Fsp3) is 0.263. The molecule has 0 unspecified atom stereocenters. The van der Waals surface area contributed by atoms with Gasteiger partial charge in [0.1, 0.15) is 25.0 Å². The Morgan fingerprint density at radius 1 is 1.04 bits per heavy atom. The van der Waals surface area contributed by atoms with E-state index in [1.807, 2.05) is 54.6 Å². The van der Waals surface area contributed by atoms with Crippen molar-refractivity contribution in [3.05, 3.63) is 65.7 Å². The van der Waals surface area contributed by atoms with Crippen molar-refractivity contribution in [2.75, 3.05) is 13.7 Å². The minimum Gasteiger partial charge on any atom is -0.489 e. The molecule has 1 atom stereocenters. The second-order valence-corrected chi connectivity index (χ2v) is 5.58. The predicted molar refractivity (Wildman–Crippen MR) is 93.9 cm³/mol. The minimum absolute atomic E-state index is 0.115. The summed E-state index contributed by atoms with van der Waals surface area (Å²) in [5.41, 5.74) is 7.31. The number of carbonyl (C=O) groups excluding carboxylic acids is 2. The van der Waals surface area contributed by atoms with Crippen LogP contribution >= 0.6 is 0 Å². The van der Waals surface area contributed by atoms with E-state index in [2.05, 4.69) is 5.32 Å². The lowest BCUT2D eigenvalue weighted by Gasteiger charge is -2.15. The quantitative estimate of drug-likeness (QED) is 0.721. The summed E-state index contributed by atoms with van der Waals surface area (Å²) in [4.78, 5) is 23.1. The summed E-state index contributed by atoms with van der Waals surface area (Å²) >= 11 is 0. The van der Waals surface area contributed by atoms with E-state index < -0.39 is 11.9 Å². The molecular formula is C19H22N2O4. The smallest absolute Gasteiger partial charge is 0.246 e. The molecule has 0 radical (unpaired) electrons. The van der Waals surface area contributed by atoms with Gasteiger partial charge in [-0.3, -0.25) is 9.59 Å². The molecule has 25 heavy (non-hydrogen) atoms. The molecule has 2 aromatic carbocycles. The lowest BCUT2D eigenvalue weighted by Crippen LogP contribution is -2.46. The van der Waals surface area contributed by atoms with Crippen molar-refractivity contribution >= 4 is 11.8 Å². The molecule has 0 spiro atoms. The van der Waals surface area contributed by atoms with Crippen LogP contribution < -0.4 is 15.8 Å². The zero-order valence-corrected chi connectivity index (χ0v) is 14.1. The molecule has 0 aliphatic heterocycles. The highest BCUT2D eigenvalue weighted by atomic mass is 16.5. The molecule has 0 aromatic heterocycles. The number of primary amides is 1. The maximum Gasteiger partial charge on any atom is 0.246 e. The van der Waals surface area contributed by atoms with Crippen LogP contribution in [0.3, 0.4) is 0 Å². The topological polar surface area (TPSA) is 90.7 Å². The van der Waals surface area contributed by atoms with Gasteiger partial charge in [0.15, 0.2) is 0 Å². The summed E-state index contributed by atoms with van der Waals surface area (Å²) in [7, 11) is 1.41. The molecular weight excluding hydrogens is 320 g/mol. The SMILES string of the molecule is COCC(=O)N[C@@H](Cc1ccc(OCc2ccccc2)cc1)C(N)=O. The first-order chi connectivity index (χ1) is 12.1. The number of nitrogens with two attached hydrogens (primary N) is 1. The van der Waals surface area contributed by atoms with Crippen LogP contribution in [0.5, 0.6) is 5.75 Å². The Morgan fingerprint density at radius 2 is 1.72 bits per heavy atom. The van der Waals surface area contributed by atoms with Crippen LogP contribution in [0.1, 0.15) is 11.1 Å². The van der Waals surface area contributed by atoms with Crippen molar-refractivity contribution in [1.82, 2.24) is 5.32 Å². The monoisotopic (exact) mass is 342 g/mol. The second kappa shape index (κ2) is 9.44. The number of hydrogen-bond acceptors (Lipinski definition) is 4. The van der Waals surface area contributed by atoms with E-state index in [0.29, 0.717) is 13.0 Å². The Morgan fingerprint density at radius 3 is 2.32 bits per heavy atom. The van der Waals surface area contributed by atoms with Gasteiger partial charge < -0.3 is 20.5 Å². The lowest BCUT2D eigenvalue weighted by molar-refractivity contribution is -0.129. The number of nitrogens with one attached hydrogen (secondary N) is 1. The highest BCUT2D eigenvalue weighted by Crippen LogP contribution is 2.15. The second-order valence-electron chi connectivity index (χ2n) is 5.58. The number of ether oxygens (including phenoxy) is 2. The molecule has 132 valence electrons. The van der Waals surface area contributed by atoms with E-state index in [-0.39, 0.29) is 12.5 Å². The van der Waals surface area contributed by atoms with Gasteiger partial charge >= 0.3 is 0 Å². The molecule has 3 N–H and O–H groups in total. The van der Waals surface area contributed by atoms with Gasteiger partial charge in [-0.25, -0.2) is 0 Å². The van der Waals surface area contributed by atoms with Crippen molar-refractivity contribution in [3.8, 4) is 5.75 Å². The largest absolute Gasteiger partial charge is 0.489 e. The standard InChI is InChI=1S/C19H22N2O4/c1-24-13-18(22)21-17(19(20)23)11-14-7-9-16(10-8-14)25-12-15-5-3-2-4-6-15/h2-10,17H,11-13H2,1H3,(H2,20,23)(H,21,22)/t17-/m0/s1. The highest BCUT2D eigenvalue weighted by molar-refractivity contribution is 5.87. The molecule has 0 heterocycles. The Balaban J connectivity index is 1.91. The summed E-state index contributed by atoms with van der Waals surface area (Å²) in [5.74, 6) is -0.241. The Kier molecular flexibility index (Phi) is 6.98. The zero-order valence-electron chi connectivity index (χ0n) is 14.1. The summed E-state index contributed by atoms with van der Waals surface area (Å²) in [6, 6.07) is 16.4. The normalized spacial score (nSPS) is 11.6. The summed E-state index contributed by atoms with van der Waals surface area (Å²) in [6.07, 6.45) is 0.309. The molecule has 0 saturated heterocycles. The van der Waals surface area contributed by atoms with Crippen LogP contribution in [0.2, 0.25) is 0 Å². The molecule has 0 aliphatic rings. The third kappa shape index (κ3) is 6.27. The average molecular weight is 342 g/mol.